The van der Waals surface area contributed by atoms with Crippen LogP contribution in [0.25, 0.3) is 16.7 Å². The molecule has 0 radical (unpaired) electrons. The van der Waals surface area contributed by atoms with E-state index in [2.05, 4.69) is 22.1 Å². The minimum Gasteiger partial charge on any atom is -0.506 e. The highest BCUT2D eigenvalue weighted by Crippen LogP contribution is 2.26. The second-order valence-electron chi connectivity index (χ2n) is 5.06. The van der Waals surface area contributed by atoms with E-state index in [0.29, 0.717) is 33.0 Å². The van der Waals surface area contributed by atoms with Crippen LogP contribution in [0.4, 0.5) is 5.69 Å². The van der Waals surface area contributed by atoms with Crippen LogP contribution in [0.3, 0.4) is 0 Å². The summed E-state index contributed by atoms with van der Waals surface area (Å²) in [6.07, 6.45) is 0. The number of amides is 1. The molecule has 0 unspecified atom stereocenters. The van der Waals surface area contributed by atoms with Crippen molar-refractivity contribution in [2.75, 3.05) is 5.32 Å². The molecule has 7 heteroatoms. The topological polar surface area (TPSA) is 80.0 Å². The average molecular weight is 329 g/mol. The molecule has 2 aromatic carbocycles. The monoisotopic (exact) mass is 328 g/mol. The first-order chi connectivity index (χ1) is 10.9. The lowest BCUT2D eigenvalue weighted by Gasteiger charge is -2.08. The number of aromatic nitrogens is 3. The molecule has 116 valence electrons. The van der Waals surface area contributed by atoms with E-state index in [1.54, 1.807) is 37.3 Å². The summed E-state index contributed by atoms with van der Waals surface area (Å²) in [4.78, 5) is 13.0. The minimum absolute atomic E-state index is 0.00951. The molecule has 2 N–H and O–H groups in total. The number of anilines is 1. The van der Waals surface area contributed by atoms with Crippen molar-refractivity contribution >= 4 is 34.2 Å². The first-order valence-corrected chi connectivity index (χ1v) is 7.15. The van der Waals surface area contributed by atoms with Crippen LogP contribution in [-0.4, -0.2) is 26.0 Å². The van der Waals surface area contributed by atoms with Crippen molar-refractivity contribution in [1.82, 2.24) is 15.0 Å². The molecule has 1 heterocycles. The van der Waals surface area contributed by atoms with Crippen LogP contribution in [0.5, 0.6) is 5.75 Å². The number of fused-ring (bicyclic) bond motifs is 1. The Kier molecular flexibility index (Phi) is 3.75. The van der Waals surface area contributed by atoms with Crippen LogP contribution in [0.1, 0.15) is 6.92 Å². The minimum atomic E-state index is -0.299. The lowest BCUT2D eigenvalue weighted by molar-refractivity contribution is -0.112. The Morgan fingerprint density at radius 2 is 1.96 bits per heavy atom. The van der Waals surface area contributed by atoms with E-state index in [-0.39, 0.29) is 11.7 Å². The van der Waals surface area contributed by atoms with Gasteiger partial charge in [-0.2, -0.15) is 0 Å². The van der Waals surface area contributed by atoms with E-state index in [1.807, 2.05) is 0 Å². The van der Waals surface area contributed by atoms with Crippen molar-refractivity contribution < 1.29 is 9.90 Å². The molecular weight excluding hydrogens is 316 g/mol. The number of aromatic hydroxyl groups is 1. The molecule has 0 saturated heterocycles. The third-order valence-corrected chi connectivity index (χ3v) is 3.41. The SMILES string of the molecule is C=C(C)C(=O)Nc1ccc(O)c(-n2nc3ccc(Cl)cc3n2)c1. The number of nitrogens with one attached hydrogen (secondary N) is 1. The lowest BCUT2D eigenvalue weighted by Crippen LogP contribution is -2.12. The van der Waals surface area contributed by atoms with Gasteiger partial charge in [-0.05, 0) is 43.3 Å². The summed E-state index contributed by atoms with van der Waals surface area (Å²) in [7, 11) is 0. The largest absolute Gasteiger partial charge is 0.506 e. The summed E-state index contributed by atoms with van der Waals surface area (Å²) in [6.45, 7) is 5.20. The van der Waals surface area contributed by atoms with Gasteiger partial charge >= 0.3 is 0 Å². The van der Waals surface area contributed by atoms with Crippen LogP contribution in [0.15, 0.2) is 48.6 Å². The van der Waals surface area contributed by atoms with Gasteiger partial charge in [0.15, 0.2) is 0 Å². The van der Waals surface area contributed by atoms with Gasteiger partial charge in [0.05, 0.1) is 0 Å². The van der Waals surface area contributed by atoms with Gasteiger partial charge < -0.3 is 10.4 Å². The van der Waals surface area contributed by atoms with E-state index in [0.717, 1.165) is 0 Å². The number of phenols is 1. The van der Waals surface area contributed by atoms with Crippen LogP contribution in [-0.2, 0) is 4.79 Å². The second-order valence-corrected chi connectivity index (χ2v) is 5.50. The third kappa shape index (κ3) is 3.02. The standard InChI is InChI=1S/C16H13ClN4O2/c1-9(2)16(23)18-11-4-6-15(22)14(8-11)21-19-12-5-3-10(17)7-13(12)20-21/h3-8,22H,1H2,2H3,(H,18,23). The Morgan fingerprint density at radius 1 is 1.22 bits per heavy atom. The Labute approximate surface area is 137 Å². The number of rotatable bonds is 3. The predicted octanol–water partition coefficient (Wildman–Crippen LogP) is 3.29. The van der Waals surface area contributed by atoms with Crippen molar-refractivity contribution in [3.8, 4) is 11.4 Å². The van der Waals surface area contributed by atoms with Crippen molar-refractivity contribution in [1.29, 1.82) is 0 Å². The quantitative estimate of drug-likeness (QED) is 0.571. The highest BCUT2D eigenvalue weighted by molar-refractivity contribution is 6.31. The Morgan fingerprint density at radius 3 is 2.70 bits per heavy atom. The summed E-state index contributed by atoms with van der Waals surface area (Å²) < 4.78 is 0. The van der Waals surface area contributed by atoms with Gasteiger partial charge in [0, 0.05) is 16.3 Å². The van der Waals surface area contributed by atoms with Gasteiger partial charge in [0.2, 0.25) is 0 Å². The maximum Gasteiger partial charge on any atom is 0.250 e. The highest BCUT2D eigenvalue weighted by atomic mass is 35.5. The molecule has 0 aliphatic rings. The first-order valence-electron chi connectivity index (χ1n) is 6.77. The van der Waals surface area contributed by atoms with Gasteiger partial charge in [0.1, 0.15) is 22.5 Å². The van der Waals surface area contributed by atoms with E-state index >= 15 is 0 Å². The molecule has 3 rings (SSSR count). The number of carbonyl (C=O) groups is 1. The maximum absolute atomic E-state index is 11.7. The molecule has 0 atom stereocenters. The fourth-order valence-corrected chi connectivity index (χ4v) is 2.16. The molecule has 0 aliphatic carbocycles. The number of carbonyl (C=O) groups excluding carboxylic acids is 1. The van der Waals surface area contributed by atoms with Crippen molar-refractivity contribution in [2.24, 2.45) is 0 Å². The van der Waals surface area contributed by atoms with E-state index in [4.69, 9.17) is 11.6 Å². The van der Waals surface area contributed by atoms with Crippen molar-refractivity contribution in [2.45, 2.75) is 6.92 Å². The fourth-order valence-electron chi connectivity index (χ4n) is 1.99. The number of benzene rings is 2. The van der Waals surface area contributed by atoms with Crippen LogP contribution in [0, 0.1) is 0 Å². The van der Waals surface area contributed by atoms with Crippen LogP contribution in [0.2, 0.25) is 5.02 Å². The van der Waals surface area contributed by atoms with E-state index in [1.165, 1.54) is 10.9 Å². The maximum atomic E-state index is 11.7. The second kappa shape index (κ2) is 5.73. The number of phenolic OH excluding ortho intramolecular Hbond substituents is 1. The number of halogens is 1. The van der Waals surface area contributed by atoms with Crippen molar-refractivity contribution in [3.63, 3.8) is 0 Å². The Bertz CT molecular complexity index is 933. The molecule has 6 nitrogen and oxygen atoms in total. The summed E-state index contributed by atoms with van der Waals surface area (Å²) >= 11 is 5.94. The smallest absolute Gasteiger partial charge is 0.250 e. The summed E-state index contributed by atoms with van der Waals surface area (Å²) in [6, 6.07) is 9.77. The zero-order valence-corrected chi connectivity index (χ0v) is 13.0. The number of nitrogens with zero attached hydrogens (tertiary/aromatic N) is 3. The molecule has 1 amide bonds. The lowest BCUT2D eigenvalue weighted by atomic mass is 10.2. The van der Waals surface area contributed by atoms with E-state index in [9.17, 15) is 9.90 Å². The average Bonchev–Trinajstić information content (AvgIpc) is 2.91. The van der Waals surface area contributed by atoms with Gasteiger partial charge in [-0.25, -0.2) is 0 Å². The molecule has 0 saturated carbocycles. The van der Waals surface area contributed by atoms with Crippen molar-refractivity contribution in [3.05, 3.63) is 53.6 Å². The van der Waals surface area contributed by atoms with E-state index < -0.39 is 0 Å². The summed E-state index contributed by atoms with van der Waals surface area (Å²) in [5, 5.41) is 21.9. The fraction of sp³-hybridized carbons (Fsp3) is 0.0625. The van der Waals surface area contributed by atoms with Gasteiger partial charge in [0.25, 0.3) is 5.91 Å². The molecule has 0 aliphatic heterocycles. The summed E-state index contributed by atoms with van der Waals surface area (Å²) in [5.41, 5.74) is 2.48. The molecule has 0 bridgehead atoms. The van der Waals surface area contributed by atoms with Gasteiger partial charge in [-0.15, -0.1) is 15.0 Å². The van der Waals surface area contributed by atoms with Gasteiger partial charge in [-0.1, -0.05) is 18.2 Å². The number of hydrogen-bond acceptors (Lipinski definition) is 4. The number of hydrogen-bond donors (Lipinski definition) is 2. The summed E-state index contributed by atoms with van der Waals surface area (Å²) in [5.74, 6) is -0.309. The molecule has 3 aromatic rings. The van der Waals surface area contributed by atoms with Crippen LogP contribution >= 0.6 is 11.6 Å². The normalized spacial score (nSPS) is 10.7. The molecule has 0 spiro atoms. The predicted molar refractivity (Wildman–Crippen MR) is 89.0 cm³/mol. The third-order valence-electron chi connectivity index (χ3n) is 3.18. The first kappa shape index (κ1) is 15.1. The highest BCUT2D eigenvalue weighted by Gasteiger charge is 2.11. The molecule has 23 heavy (non-hydrogen) atoms. The van der Waals surface area contributed by atoms with Gasteiger partial charge in [-0.3, -0.25) is 4.79 Å². The Hall–Kier alpha value is -2.86. The zero-order chi connectivity index (χ0) is 16.6. The molecule has 1 aromatic heterocycles. The van der Waals surface area contributed by atoms with Crippen LogP contribution < -0.4 is 5.32 Å². The molecular formula is C16H13ClN4O2. The Balaban J connectivity index is 2.03. The molecule has 0 fully saturated rings. The zero-order valence-electron chi connectivity index (χ0n) is 12.2.